The number of benzene rings is 1. The monoisotopic (exact) mass is 244 g/mol. The molecule has 5 heteroatoms. The van der Waals surface area contributed by atoms with Gasteiger partial charge in [0.1, 0.15) is 5.52 Å². The van der Waals surface area contributed by atoms with Crippen LogP contribution in [-0.2, 0) is 6.54 Å². The highest BCUT2D eigenvalue weighted by Crippen LogP contribution is 2.22. The topological polar surface area (TPSA) is 79.1 Å². The molecular weight excluding hydrogens is 228 g/mol. The van der Waals surface area contributed by atoms with E-state index in [1.54, 1.807) is 6.07 Å². The first kappa shape index (κ1) is 12.4. The molecule has 1 aromatic carbocycles. The highest BCUT2D eigenvalue weighted by molar-refractivity contribution is 5.85. The van der Waals surface area contributed by atoms with E-state index >= 15 is 0 Å². The van der Waals surface area contributed by atoms with Crippen molar-refractivity contribution in [2.24, 2.45) is 0 Å². The third-order valence-electron chi connectivity index (χ3n) is 3.02. The van der Waals surface area contributed by atoms with E-state index < -0.39 is 0 Å². The van der Waals surface area contributed by atoms with E-state index in [-0.39, 0.29) is 6.04 Å². The maximum Gasteiger partial charge on any atom is 0.209 e. The van der Waals surface area contributed by atoms with Crippen molar-refractivity contribution in [1.29, 1.82) is 5.26 Å². The molecule has 1 unspecified atom stereocenters. The Bertz CT molecular complexity index is 584. The van der Waals surface area contributed by atoms with Gasteiger partial charge in [0.05, 0.1) is 24.7 Å². The Balaban J connectivity index is 2.18. The van der Waals surface area contributed by atoms with E-state index in [1.807, 2.05) is 31.0 Å². The van der Waals surface area contributed by atoms with Crippen molar-refractivity contribution in [2.75, 3.05) is 12.8 Å². The first-order chi connectivity index (χ1) is 8.61. The third-order valence-corrected chi connectivity index (χ3v) is 3.02. The molecule has 1 aromatic heterocycles. The molecular formula is C13H16N4O. The van der Waals surface area contributed by atoms with Gasteiger partial charge in [-0.25, -0.2) is 4.98 Å². The molecule has 0 aliphatic rings. The smallest absolute Gasteiger partial charge is 0.209 e. The molecule has 0 amide bonds. The lowest BCUT2D eigenvalue weighted by atomic mass is 10.2. The lowest BCUT2D eigenvalue weighted by Crippen LogP contribution is -2.28. The minimum Gasteiger partial charge on any atom is -0.439 e. The van der Waals surface area contributed by atoms with E-state index in [9.17, 15) is 0 Å². The lowest BCUT2D eigenvalue weighted by molar-refractivity contribution is 0.230. The van der Waals surface area contributed by atoms with E-state index in [1.165, 1.54) is 0 Å². The second-order valence-electron chi connectivity index (χ2n) is 4.43. The zero-order chi connectivity index (χ0) is 13.1. The fraction of sp³-hybridized carbons (Fsp3) is 0.385. The number of nitriles is 1. The van der Waals surface area contributed by atoms with Crippen LogP contribution in [0, 0.1) is 11.3 Å². The summed E-state index contributed by atoms with van der Waals surface area (Å²) in [6, 6.07) is 7.82. The molecule has 2 rings (SSSR count). The van der Waals surface area contributed by atoms with Gasteiger partial charge in [0.15, 0.2) is 5.58 Å². The summed E-state index contributed by atoms with van der Waals surface area (Å²) in [5, 5.41) is 8.67. The number of hydrogen-bond donors (Lipinski definition) is 1. The van der Waals surface area contributed by atoms with Gasteiger partial charge in [0.2, 0.25) is 5.89 Å². The van der Waals surface area contributed by atoms with Gasteiger partial charge in [0, 0.05) is 6.04 Å². The minimum atomic E-state index is 0.169. The Morgan fingerprint density at radius 3 is 3.00 bits per heavy atom. The van der Waals surface area contributed by atoms with E-state index in [4.69, 9.17) is 15.4 Å². The molecule has 94 valence electrons. The predicted molar refractivity (Wildman–Crippen MR) is 69.6 cm³/mol. The van der Waals surface area contributed by atoms with Gasteiger partial charge in [-0.1, -0.05) is 6.07 Å². The standard InChI is InChI=1S/C13H16N4O/c1-9(6-7-14)17(2)8-12-16-13-10(15)4-3-5-11(13)18-12/h3-5,9H,6,8,15H2,1-2H3. The van der Waals surface area contributed by atoms with E-state index in [0.29, 0.717) is 35.6 Å². The van der Waals surface area contributed by atoms with Crippen LogP contribution in [0.3, 0.4) is 0 Å². The van der Waals surface area contributed by atoms with Crippen LogP contribution < -0.4 is 5.73 Å². The lowest BCUT2D eigenvalue weighted by Gasteiger charge is -2.20. The van der Waals surface area contributed by atoms with Crippen LogP contribution in [0.5, 0.6) is 0 Å². The number of nitrogen functional groups attached to an aromatic ring is 1. The van der Waals surface area contributed by atoms with Crippen LogP contribution in [0.25, 0.3) is 11.1 Å². The number of hydrogen-bond acceptors (Lipinski definition) is 5. The van der Waals surface area contributed by atoms with Crippen LogP contribution in [0.15, 0.2) is 22.6 Å². The average Bonchev–Trinajstić information content (AvgIpc) is 2.73. The van der Waals surface area contributed by atoms with Crippen LogP contribution in [0.1, 0.15) is 19.2 Å². The quantitative estimate of drug-likeness (QED) is 0.833. The normalized spacial score (nSPS) is 12.8. The van der Waals surface area contributed by atoms with Crippen LogP contribution in [0.2, 0.25) is 0 Å². The molecule has 0 aliphatic carbocycles. The molecule has 1 atom stereocenters. The highest BCUT2D eigenvalue weighted by atomic mass is 16.3. The summed E-state index contributed by atoms with van der Waals surface area (Å²) in [6.45, 7) is 2.57. The molecule has 2 N–H and O–H groups in total. The molecule has 0 bridgehead atoms. The molecule has 0 saturated heterocycles. The third kappa shape index (κ3) is 2.44. The van der Waals surface area contributed by atoms with Gasteiger partial charge in [-0.15, -0.1) is 0 Å². The number of oxazole rings is 1. The van der Waals surface area contributed by atoms with Crippen molar-refractivity contribution in [3.63, 3.8) is 0 Å². The Hall–Kier alpha value is -2.06. The van der Waals surface area contributed by atoms with Gasteiger partial charge in [-0.3, -0.25) is 4.90 Å². The first-order valence-corrected chi connectivity index (χ1v) is 5.83. The summed E-state index contributed by atoms with van der Waals surface area (Å²) in [5.41, 5.74) is 7.85. The molecule has 0 aliphatic heterocycles. The Morgan fingerprint density at radius 1 is 1.56 bits per heavy atom. The first-order valence-electron chi connectivity index (χ1n) is 5.83. The van der Waals surface area contributed by atoms with Crippen molar-refractivity contribution >= 4 is 16.8 Å². The number of fused-ring (bicyclic) bond motifs is 1. The number of anilines is 1. The summed E-state index contributed by atoms with van der Waals surface area (Å²) >= 11 is 0. The summed E-state index contributed by atoms with van der Waals surface area (Å²) in [5.74, 6) is 0.621. The minimum absolute atomic E-state index is 0.169. The van der Waals surface area contributed by atoms with Crippen molar-refractivity contribution < 1.29 is 4.42 Å². The van der Waals surface area contributed by atoms with Crippen molar-refractivity contribution in [3.8, 4) is 6.07 Å². The summed E-state index contributed by atoms with van der Waals surface area (Å²) in [7, 11) is 1.94. The van der Waals surface area contributed by atoms with Crippen molar-refractivity contribution in [2.45, 2.75) is 25.9 Å². The fourth-order valence-electron chi connectivity index (χ4n) is 1.74. The van der Waals surface area contributed by atoms with Crippen molar-refractivity contribution in [3.05, 3.63) is 24.1 Å². The van der Waals surface area contributed by atoms with E-state index in [0.717, 1.165) is 0 Å². The number of nitrogens with two attached hydrogens (primary N) is 1. The maximum absolute atomic E-state index is 8.67. The SMILES string of the molecule is CC(CC#N)N(C)Cc1nc2c(N)cccc2o1. The van der Waals surface area contributed by atoms with Gasteiger partial charge >= 0.3 is 0 Å². The maximum atomic E-state index is 8.67. The second-order valence-corrected chi connectivity index (χ2v) is 4.43. The molecule has 18 heavy (non-hydrogen) atoms. The zero-order valence-corrected chi connectivity index (χ0v) is 10.6. The molecule has 0 saturated carbocycles. The molecule has 5 nitrogen and oxygen atoms in total. The Kier molecular flexibility index (Phi) is 3.49. The van der Waals surface area contributed by atoms with E-state index in [2.05, 4.69) is 11.1 Å². The predicted octanol–water partition coefficient (Wildman–Crippen LogP) is 2.14. The molecule has 1 heterocycles. The molecule has 2 aromatic rings. The number of aromatic nitrogens is 1. The van der Waals surface area contributed by atoms with Gasteiger partial charge in [0.25, 0.3) is 0 Å². The highest BCUT2D eigenvalue weighted by Gasteiger charge is 2.14. The summed E-state index contributed by atoms with van der Waals surface area (Å²) < 4.78 is 5.63. The Labute approximate surface area is 106 Å². The zero-order valence-electron chi connectivity index (χ0n) is 10.6. The number of para-hydroxylation sites is 1. The molecule has 0 radical (unpaired) electrons. The van der Waals surface area contributed by atoms with Crippen LogP contribution >= 0.6 is 0 Å². The van der Waals surface area contributed by atoms with Crippen LogP contribution in [-0.4, -0.2) is 23.0 Å². The number of nitrogens with zero attached hydrogens (tertiary/aromatic N) is 3. The largest absolute Gasteiger partial charge is 0.439 e. The fourth-order valence-corrected chi connectivity index (χ4v) is 1.74. The summed E-state index contributed by atoms with van der Waals surface area (Å²) in [4.78, 5) is 6.41. The van der Waals surface area contributed by atoms with Gasteiger partial charge in [-0.05, 0) is 26.1 Å². The summed E-state index contributed by atoms with van der Waals surface area (Å²) in [6.07, 6.45) is 0.485. The average molecular weight is 244 g/mol. The van der Waals surface area contributed by atoms with Crippen LogP contribution in [0.4, 0.5) is 5.69 Å². The van der Waals surface area contributed by atoms with Gasteiger partial charge in [-0.2, -0.15) is 5.26 Å². The second kappa shape index (κ2) is 5.07. The Morgan fingerprint density at radius 2 is 2.33 bits per heavy atom. The molecule has 0 fully saturated rings. The van der Waals surface area contributed by atoms with Gasteiger partial charge < -0.3 is 10.2 Å². The number of rotatable bonds is 4. The molecule has 0 spiro atoms. The van der Waals surface area contributed by atoms with Crippen molar-refractivity contribution in [1.82, 2.24) is 9.88 Å².